The minimum Gasteiger partial charge on any atom is -0.394 e. The van der Waals surface area contributed by atoms with Crippen LogP contribution in [-0.4, -0.2) is 17.8 Å². The molecule has 0 aromatic carbocycles. The van der Waals surface area contributed by atoms with Gasteiger partial charge in [0.1, 0.15) is 0 Å². The molecule has 1 atom stereocenters. The molecular formula is C7H11NOS. The van der Waals surface area contributed by atoms with E-state index in [9.17, 15) is 0 Å². The molecular weight excluding hydrogens is 146 g/mol. The Morgan fingerprint density at radius 3 is 3.10 bits per heavy atom. The fraction of sp³-hybridized carbons (Fsp3) is 0.429. The van der Waals surface area contributed by atoms with E-state index < -0.39 is 0 Å². The fourth-order valence-electron chi connectivity index (χ4n) is 0.649. The lowest BCUT2D eigenvalue weighted by molar-refractivity contribution is 0.281. The number of nitrogens with one attached hydrogen (secondary N) is 1. The van der Waals surface area contributed by atoms with Crippen LogP contribution in [0.25, 0.3) is 0 Å². The third-order valence-corrected chi connectivity index (χ3v) is 1.98. The van der Waals surface area contributed by atoms with Crippen molar-refractivity contribution in [2.24, 2.45) is 0 Å². The number of hydrogen-bond acceptors (Lipinski definition) is 3. The quantitative estimate of drug-likeness (QED) is 0.697. The van der Waals surface area contributed by atoms with E-state index in [-0.39, 0.29) is 12.6 Å². The van der Waals surface area contributed by atoms with Crippen molar-refractivity contribution in [3.05, 3.63) is 17.5 Å². The van der Waals surface area contributed by atoms with Gasteiger partial charge >= 0.3 is 0 Å². The minimum atomic E-state index is 0.152. The van der Waals surface area contributed by atoms with Gasteiger partial charge in [0.05, 0.1) is 11.6 Å². The molecule has 0 radical (unpaired) electrons. The molecule has 10 heavy (non-hydrogen) atoms. The van der Waals surface area contributed by atoms with E-state index >= 15 is 0 Å². The summed E-state index contributed by atoms with van der Waals surface area (Å²) >= 11 is 1.64. The molecule has 0 bridgehead atoms. The van der Waals surface area contributed by atoms with Crippen molar-refractivity contribution in [1.82, 2.24) is 0 Å². The predicted molar refractivity (Wildman–Crippen MR) is 44.5 cm³/mol. The van der Waals surface area contributed by atoms with Crippen LogP contribution in [0.15, 0.2) is 17.5 Å². The minimum absolute atomic E-state index is 0.152. The highest BCUT2D eigenvalue weighted by molar-refractivity contribution is 7.14. The maximum Gasteiger partial charge on any atom is 0.0885 e. The van der Waals surface area contributed by atoms with E-state index in [0.717, 1.165) is 5.00 Å². The van der Waals surface area contributed by atoms with Crippen molar-refractivity contribution >= 4 is 16.3 Å². The lowest BCUT2D eigenvalue weighted by Gasteiger charge is -2.08. The summed E-state index contributed by atoms with van der Waals surface area (Å²) in [6, 6.07) is 4.13. The van der Waals surface area contributed by atoms with Crippen molar-refractivity contribution in [3.63, 3.8) is 0 Å². The zero-order valence-corrected chi connectivity index (χ0v) is 6.69. The summed E-state index contributed by atoms with van der Waals surface area (Å²) in [5.41, 5.74) is 0. The van der Waals surface area contributed by atoms with Gasteiger partial charge in [0.25, 0.3) is 0 Å². The van der Waals surface area contributed by atoms with Gasteiger partial charge in [0.2, 0.25) is 0 Å². The smallest absolute Gasteiger partial charge is 0.0885 e. The molecule has 0 spiro atoms. The Balaban J connectivity index is 2.40. The third-order valence-electron chi connectivity index (χ3n) is 1.18. The number of hydrogen-bond donors (Lipinski definition) is 2. The average Bonchev–Trinajstić information content (AvgIpc) is 2.40. The molecule has 1 heterocycles. The molecule has 2 nitrogen and oxygen atoms in total. The first-order chi connectivity index (χ1) is 4.83. The highest BCUT2D eigenvalue weighted by Gasteiger charge is 1.98. The first-order valence-corrected chi connectivity index (χ1v) is 4.12. The largest absolute Gasteiger partial charge is 0.394 e. The van der Waals surface area contributed by atoms with E-state index in [4.69, 9.17) is 5.11 Å². The number of thiophene rings is 1. The summed E-state index contributed by atoms with van der Waals surface area (Å²) in [6.07, 6.45) is 0. The Labute approximate surface area is 64.5 Å². The lowest BCUT2D eigenvalue weighted by atomic mass is 10.4. The van der Waals surface area contributed by atoms with Crippen LogP contribution in [0.3, 0.4) is 0 Å². The topological polar surface area (TPSA) is 32.3 Å². The first kappa shape index (κ1) is 7.57. The Hall–Kier alpha value is -0.540. The number of anilines is 1. The average molecular weight is 157 g/mol. The van der Waals surface area contributed by atoms with Gasteiger partial charge in [-0.05, 0) is 24.4 Å². The summed E-state index contributed by atoms with van der Waals surface area (Å²) in [4.78, 5) is 0. The van der Waals surface area contributed by atoms with Gasteiger partial charge in [-0.3, -0.25) is 0 Å². The molecule has 0 saturated heterocycles. The highest BCUT2D eigenvalue weighted by Crippen LogP contribution is 2.15. The summed E-state index contributed by atoms with van der Waals surface area (Å²) in [6.45, 7) is 2.12. The van der Waals surface area contributed by atoms with E-state index in [1.807, 2.05) is 24.4 Å². The van der Waals surface area contributed by atoms with Crippen LogP contribution in [0, 0.1) is 0 Å². The van der Waals surface area contributed by atoms with E-state index in [0.29, 0.717) is 0 Å². The second-order valence-electron chi connectivity index (χ2n) is 2.21. The third kappa shape index (κ3) is 2.01. The summed E-state index contributed by atoms with van der Waals surface area (Å²) in [5.74, 6) is 0. The maximum atomic E-state index is 8.68. The van der Waals surface area contributed by atoms with Crippen LogP contribution in [-0.2, 0) is 0 Å². The van der Waals surface area contributed by atoms with Gasteiger partial charge in [-0.1, -0.05) is 0 Å². The van der Waals surface area contributed by atoms with Gasteiger partial charge in [-0.2, -0.15) is 0 Å². The Kier molecular flexibility index (Phi) is 2.71. The molecule has 1 rings (SSSR count). The first-order valence-electron chi connectivity index (χ1n) is 3.24. The van der Waals surface area contributed by atoms with E-state index in [1.165, 1.54) is 0 Å². The highest BCUT2D eigenvalue weighted by atomic mass is 32.1. The van der Waals surface area contributed by atoms with Gasteiger partial charge in [-0.15, -0.1) is 11.3 Å². The van der Waals surface area contributed by atoms with E-state index in [1.54, 1.807) is 11.3 Å². The monoisotopic (exact) mass is 157 g/mol. The van der Waals surface area contributed by atoms with Crippen LogP contribution >= 0.6 is 11.3 Å². The standard InChI is InChI=1S/C7H11NOS/c1-6(5-9)8-7-3-2-4-10-7/h2-4,6,8-9H,5H2,1H3. The SMILES string of the molecule is CC(CO)Nc1cccs1. The van der Waals surface area contributed by atoms with Crippen LogP contribution in [0.4, 0.5) is 5.00 Å². The van der Waals surface area contributed by atoms with Crippen molar-refractivity contribution in [2.75, 3.05) is 11.9 Å². The molecule has 0 aliphatic carbocycles. The second kappa shape index (κ2) is 3.58. The van der Waals surface area contributed by atoms with Crippen LogP contribution in [0.5, 0.6) is 0 Å². The molecule has 56 valence electrons. The van der Waals surface area contributed by atoms with Crippen LogP contribution in [0.1, 0.15) is 6.92 Å². The molecule has 1 aromatic heterocycles. The Morgan fingerprint density at radius 1 is 1.80 bits per heavy atom. The van der Waals surface area contributed by atoms with Crippen molar-refractivity contribution < 1.29 is 5.11 Å². The molecule has 0 saturated carbocycles. The molecule has 2 N–H and O–H groups in total. The van der Waals surface area contributed by atoms with Gasteiger partial charge in [0, 0.05) is 6.04 Å². The molecule has 1 aromatic rings. The predicted octanol–water partition coefficient (Wildman–Crippen LogP) is 1.54. The molecule has 0 fully saturated rings. The zero-order valence-electron chi connectivity index (χ0n) is 5.87. The molecule has 0 aliphatic rings. The Bertz CT molecular complexity index is 174. The second-order valence-corrected chi connectivity index (χ2v) is 3.15. The van der Waals surface area contributed by atoms with Gasteiger partial charge in [0.15, 0.2) is 0 Å². The molecule has 0 aliphatic heterocycles. The lowest BCUT2D eigenvalue weighted by Crippen LogP contribution is -2.18. The number of aliphatic hydroxyl groups is 1. The normalized spacial score (nSPS) is 13.0. The molecule has 1 unspecified atom stereocenters. The zero-order chi connectivity index (χ0) is 7.40. The number of rotatable bonds is 3. The van der Waals surface area contributed by atoms with Gasteiger partial charge < -0.3 is 10.4 Å². The molecule has 0 amide bonds. The van der Waals surface area contributed by atoms with Crippen LogP contribution in [0.2, 0.25) is 0 Å². The van der Waals surface area contributed by atoms with Gasteiger partial charge in [-0.25, -0.2) is 0 Å². The van der Waals surface area contributed by atoms with Crippen molar-refractivity contribution in [1.29, 1.82) is 0 Å². The van der Waals surface area contributed by atoms with Crippen molar-refractivity contribution in [2.45, 2.75) is 13.0 Å². The summed E-state index contributed by atoms with van der Waals surface area (Å²) in [7, 11) is 0. The molecule has 3 heteroatoms. The fourth-order valence-corrected chi connectivity index (χ4v) is 1.38. The maximum absolute atomic E-state index is 8.68. The summed E-state index contributed by atoms with van der Waals surface area (Å²) < 4.78 is 0. The van der Waals surface area contributed by atoms with E-state index in [2.05, 4.69) is 5.32 Å². The Morgan fingerprint density at radius 2 is 2.60 bits per heavy atom. The van der Waals surface area contributed by atoms with Crippen LogP contribution < -0.4 is 5.32 Å². The number of aliphatic hydroxyl groups excluding tert-OH is 1. The van der Waals surface area contributed by atoms with Crippen molar-refractivity contribution in [3.8, 4) is 0 Å². The summed E-state index contributed by atoms with van der Waals surface area (Å²) in [5, 5.41) is 14.9.